The summed E-state index contributed by atoms with van der Waals surface area (Å²) in [6.07, 6.45) is -6.85. The average molecular weight is 1590 g/mol. The molecule has 0 spiro atoms. The van der Waals surface area contributed by atoms with Crippen LogP contribution in [-0.4, -0.2) is 279 Å². The van der Waals surface area contributed by atoms with Crippen molar-refractivity contribution in [1.82, 2.24) is 45.2 Å². The number of carbonyl (C=O) groups excluding carboxylic acids is 7. The largest absolute Gasteiger partial charge is 0.481 e. The van der Waals surface area contributed by atoms with Crippen molar-refractivity contribution in [1.29, 1.82) is 0 Å². The second-order valence-corrected chi connectivity index (χ2v) is 30.8. The Morgan fingerprint density at radius 2 is 1.48 bits per heavy atom. The molecule has 0 bridgehead atoms. The Morgan fingerprint density at radius 3 is 2.08 bits per heavy atom. The molecule has 33 nitrogen and oxygen atoms in total. The van der Waals surface area contributed by atoms with Crippen LogP contribution < -0.4 is 15.4 Å². The summed E-state index contributed by atoms with van der Waals surface area (Å²) in [5.74, 6) is -6.61. The lowest BCUT2D eigenvalue weighted by molar-refractivity contribution is -0.277. The van der Waals surface area contributed by atoms with Crippen LogP contribution in [0, 0.1) is 40.9 Å². The molecule has 4 aliphatic rings. The van der Waals surface area contributed by atoms with Crippen LogP contribution in [0.1, 0.15) is 149 Å². The van der Waals surface area contributed by atoms with Crippen molar-refractivity contribution in [3.05, 3.63) is 77.3 Å². The number of aliphatic carboxylic acids is 2. The number of imide groups is 1. The number of methoxy groups -OCH3 is 2. The maximum Gasteiger partial charge on any atom is 0.410 e. The van der Waals surface area contributed by atoms with E-state index in [4.69, 9.17) is 42.3 Å². The van der Waals surface area contributed by atoms with Crippen LogP contribution in [0.4, 0.5) is 4.79 Å². The zero-order valence-electron chi connectivity index (χ0n) is 67.4. The number of rotatable bonds is 47. The summed E-state index contributed by atoms with van der Waals surface area (Å²) in [5, 5.41) is 76.6. The Bertz CT molecular complexity index is 3820. The number of likely N-dealkylation sites (N-methyl/N-ethyl adjacent to an activating group) is 2. The van der Waals surface area contributed by atoms with Crippen molar-refractivity contribution in [2.45, 2.75) is 225 Å². The highest BCUT2D eigenvalue weighted by Crippen LogP contribution is 2.68. The Kier molecular flexibility index (Phi) is 33.5. The van der Waals surface area contributed by atoms with E-state index in [9.17, 15) is 59.4 Å². The highest BCUT2D eigenvalue weighted by Gasteiger charge is 2.77. The fraction of sp³-hybridized carbons (Fsp3) is 0.688. The molecule has 628 valence electrons. The summed E-state index contributed by atoms with van der Waals surface area (Å²) >= 11 is 0. The molecular weight excluding hydrogens is 1470 g/mol. The van der Waals surface area contributed by atoms with Crippen molar-refractivity contribution in [3.63, 3.8) is 0 Å². The smallest absolute Gasteiger partial charge is 0.410 e. The number of aryl methyl sites for hydroxylation is 1. The Labute approximate surface area is 659 Å². The fourth-order valence-electron chi connectivity index (χ4n) is 16.3. The fourth-order valence-corrected chi connectivity index (χ4v) is 16.3. The topological polar surface area (TPSA) is 430 Å². The second-order valence-electron chi connectivity index (χ2n) is 30.8. The van der Waals surface area contributed by atoms with Crippen LogP contribution in [0.15, 0.2) is 59.1 Å². The third-order valence-corrected chi connectivity index (χ3v) is 22.7. The van der Waals surface area contributed by atoms with Crippen LogP contribution in [0.3, 0.4) is 0 Å². The van der Waals surface area contributed by atoms with E-state index in [1.165, 1.54) is 47.9 Å². The number of carbonyl (C=O) groups is 9. The van der Waals surface area contributed by atoms with E-state index >= 15 is 14.4 Å². The first-order valence-electron chi connectivity index (χ1n) is 39.6. The highest BCUT2D eigenvalue weighted by atomic mass is 16.7. The van der Waals surface area contributed by atoms with Gasteiger partial charge in [-0.3, -0.25) is 43.4 Å². The molecule has 113 heavy (non-hydrogen) atoms. The summed E-state index contributed by atoms with van der Waals surface area (Å²) in [6, 6.07) is 8.48. The van der Waals surface area contributed by atoms with Crippen LogP contribution >= 0.6 is 0 Å². The molecule has 0 radical (unpaired) electrons. The Balaban J connectivity index is 0.957. The number of nitrogens with one attached hydrogen (secondary N) is 2. The first kappa shape index (κ1) is 90.3. The van der Waals surface area contributed by atoms with E-state index in [2.05, 4.69) is 27.9 Å². The van der Waals surface area contributed by atoms with Gasteiger partial charge in [-0.1, -0.05) is 111 Å². The molecule has 2 aromatic carbocycles. The number of aromatic nitrogens is 3. The molecular formula is C80H119N9O24. The number of carboxylic acid groups (broad SMARTS) is 2. The molecule has 8 rings (SSSR count). The number of hydrogen-bond acceptors (Lipinski definition) is 24. The van der Waals surface area contributed by atoms with Gasteiger partial charge < -0.3 is 93.4 Å². The number of fused-ring (bicyclic) bond motifs is 2. The van der Waals surface area contributed by atoms with Gasteiger partial charge in [0.1, 0.15) is 65.7 Å². The van der Waals surface area contributed by atoms with Gasteiger partial charge in [0.15, 0.2) is 0 Å². The maximum absolute atomic E-state index is 15.2. The van der Waals surface area contributed by atoms with Gasteiger partial charge in [-0.05, 0) is 79.5 Å². The predicted octanol–water partition coefficient (Wildman–Crippen LogP) is 4.72. The normalized spacial score (nSPS) is 23.3. The predicted molar refractivity (Wildman–Crippen MR) is 407 cm³/mol. The zero-order valence-corrected chi connectivity index (χ0v) is 67.4. The van der Waals surface area contributed by atoms with Crippen molar-refractivity contribution in [3.8, 4) is 5.75 Å². The minimum Gasteiger partial charge on any atom is -0.481 e. The first-order chi connectivity index (χ1) is 53.9. The van der Waals surface area contributed by atoms with Crippen molar-refractivity contribution in [2.75, 3.05) is 87.7 Å². The molecule has 33 heteroatoms. The monoisotopic (exact) mass is 1590 g/mol. The van der Waals surface area contributed by atoms with E-state index in [1.54, 1.807) is 83.1 Å². The quantitative estimate of drug-likeness (QED) is 0.0219. The number of ether oxygens (including phenoxy) is 8. The van der Waals surface area contributed by atoms with Gasteiger partial charge in [-0.25, -0.2) is 14.3 Å². The van der Waals surface area contributed by atoms with Crippen molar-refractivity contribution in [2.24, 2.45) is 40.9 Å². The summed E-state index contributed by atoms with van der Waals surface area (Å²) in [4.78, 5) is 130. The van der Waals surface area contributed by atoms with Gasteiger partial charge in [0.2, 0.25) is 41.7 Å². The van der Waals surface area contributed by atoms with E-state index in [-0.39, 0.29) is 155 Å². The van der Waals surface area contributed by atoms with Gasteiger partial charge >= 0.3 is 18.0 Å². The van der Waals surface area contributed by atoms with Crippen LogP contribution in [-0.2, 0) is 97.3 Å². The Hall–Kier alpha value is -8.25. The van der Waals surface area contributed by atoms with Gasteiger partial charge in [0.05, 0.1) is 118 Å². The molecule has 8 N–H and O–H groups in total. The van der Waals surface area contributed by atoms with Crippen LogP contribution in [0.5, 0.6) is 5.75 Å². The zero-order chi connectivity index (χ0) is 82.7. The van der Waals surface area contributed by atoms with E-state index in [0.29, 0.717) is 37.9 Å². The van der Waals surface area contributed by atoms with Gasteiger partial charge in [-0.2, -0.15) is 0 Å². The summed E-state index contributed by atoms with van der Waals surface area (Å²) in [7, 11) is 5.87. The first-order valence-corrected chi connectivity index (χ1v) is 39.6. The Morgan fingerprint density at radius 1 is 0.796 bits per heavy atom. The number of piperidine rings is 1. The number of carboxylic acids is 2. The minimum absolute atomic E-state index is 0.00872. The van der Waals surface area contributed by atoms with Gasteiger partial charge in [-0.15, -0.1) is 5.10 Å². The van der Waals surface area contributed by atoms with Gasteiger partial charge in [0, 0.05) is 72.3 Å². The second kappa shape index (κ2) is 41.9. The molecule has 5 heterocycles. The SMILES string of the molecule is CCCC1C2C(=O)N(CCOCCOCCOCCn3cc(CC(OC(=O)N(C)[C@H](C(=O)N[C@H](C(=O)N(C)[C@@H](C(C)CC)[C@@H](CC(=O)N4CCC[C@H]4[C@H](OC)[C@@H](C)C(=O)NC(Cc4ccccc4)C(=O)O)OC)C(C)C)C(C)C)c4ccc(O[C@@H]5O[C@H](CO)[C@H](O)[C@H](O)[C@H]5O)c5cc(CCCC(=O)O)oc45)nn3)C(=O)C12CC. The summed E-state index contributed by atoms with van der Waals surface area (Å²) < 4.78 is 55.7. The number of furan rings is 1. The van der Waals surface area contributed by atoms with Crippen molar-refractivity contribution < 1.29 is 116 Å². The molecule has 18 atom stereocenters. The average Bonchev–Trinajstić information content (AvgIpc) is 1.50. The van der Waals surface area contributed by atoms with E-state index in [0.717, 1.165) is 23.3 Å². The molecule has 1 saturated carbocycles. The number of nitrogens with zero attached hydrogens (tertiary/aromatic N) is 7. The molecule has 3 aliphatic heterocycles. The number of benzene rings is 2. The standard InChI is InChI=1S/C80H119N9O24/c1-14-22-54-63-74(99)89(78(103)80(54,63)16-3)32-34-108-36-38-109-37-35-107-33-31-87-43-50(83-84-87)40-58(52-28-29-57(53-41-51(110-71(52)53)25-20-27-62(92)93)111-77-69(96)68(95)67(94)60(44-90)112-77)113-79(104)86(11)65(46(6)7)73(98)82-64(45(4)5)75(100)85(10)66(47(8)15-2)59(105-12)42-61(91)88-30-21-26-56(88)70(106-13)48(9)72(97)81-55(76(101)102)39-49-23-18-17-19-24-49/h17-19,23-24,28-29,41,43,45-48,54-56,58-60,63-70,77,90,94-96H,14-16,20-22,25-27,30-40,42,44H2,1-13H3,(H,81,97)(H,82,98)(H,92,93)(H,101,102)/t47?,48-,54?,55?,56+,58?,59-,60-,63?,64+,65+,66+,67+,68+,69-,70-,77-,80?/m1/s1. The molecule has 4 fully saturated rings. The lowest BCUT2D eigenvalue weighted by Gasteiger charge is -2.41. The summed E-state index contributed by atoms with van der Waals surface area (Å²) in [5.41, 5.74) is 0.781. The third-order valence-electron chi connectivity index (χ3n) is 22.7. The third kappa shape index (κ3) is 21.8. The number of amides is 7. The lowest BCUT2D eigenvalue weighted by atomic mass is 9.89. The maximum atomic E-state index is 15.2. The molecule has 3 saturated heterocycles. The molecule has 4 aromatic rings. The number of hydrogen-bond donors (Lipinski definition) is 8. The van der Waals surface area contributed by atoms with Crippen LogP contribution in [0.25, 0.3) is 11.0 Å². The number of likely N-dealkylation sites (tertiary alicyclic amines) is 2. The molecule has 1 aliphatic carbocycles. The molecule has 7 amide bonds. The minimum atomic E-state index is -1.81. The molecule has 6 unspecified atom stereocenters. The van der Waals surface area contributed by atoms with E-state index in [1.807, 2.05) is 26.8 Å². The molecule has 2 aromatic heterocycles. The number of aliphatic hydroxyl groups is 4. The van der Waals surface area contributed by atoms with Crippen LogP contribution in [0.2, 0.25) is 0 Å². The van der Waals surface area contributed by atoms with Gasteiger partial charge in [0.25, 0.3) is 0 Å². The van der Waals surface area contributed by atoms with E-state index < -0.39 is 145 Å². The number of aliphatic hydroxyl groups excluding tert-OH is 4. The lowest BCUT2D eigenvalue weighted by Crippen LogP contribution is -2.60. The summed E-state index contributed by atoms with van der Waals surface area (Å²) in [6.45, 7) is 17.8. The highest BCUT2D eigenvalue weighted by molar-refractivity contribution is 6.12. The van der Waals surface area contributed by atoms with Crippen molar-refractivity contribution >= 4 is 64.4 Å².